The summed E-state index contributed by atoms with van der Waals surface area (Å²) in [7, 11) is 0. The lowest BCUT2D eigenvalue weighted by molar-refractivity contribution is 0.1000. The van der Waals surface area contributed by atoms with Gasteiger partial charge in [-0.25, -0.2) is 0 Å². The minimum absolute atomic E-state index is 0.237. The molecule has 144 valence electrons. The third-order valence-electron chi connectivity index (χ3n) is 5.12. The first-order valence-electron chi connectivity index (χ1n) is 9.56. The van der Waals surface area contributed by atoms with E-state index in [1.807, 2.05) is 66.2 Å². The number of primary amides is 1. The third kappa shape index (κ3) is 3.64. The van der Waals surface area contributed by atoms with Gasteiger partial charge in [-0.15, -0.1) is 0 Å². The van der Waals surface area contributed by atoms with Crippen LogP contribution in [0.3, 0.4) is 0 Å². The second kappa shape index (κ2) is 7.86. The average Bonchev–Trinajstić information content (AvgIpc) is 3.07. The van der Waals surface area contributed by atoms with Crippen molar-refractivity contribution in [3.8, 4) is 22.8 Å². The van der Waals surface area contributed by atoms with Crippen LogP contribution in [0.25, 0.3) is 11.3 Å². The molecule has 2 aromatic carbocycles. The van der Waals surface area contributed by atoms with E-state index in [0.717, 1.165) is 48.7 Å². The van der Waals surface area contributed by atoms with Crippen LogP contribution in [0.2, 0.25) is 0 Å². The topological polar surface area (TPSA) is 82.2 Å². The van der Waals surface area contributed by atoms with Gasteiger partial charge < -0.3 is 15.8 Å². The Morgan fingerprint density at radius 2 is 1.86 bits per heavy atom. The van der Waals surface area contributed by atoms with Crippen LogP contribution in [0, 0.1) is 6.92 Å². The molecule has 1 aromatic heterocycles. The van der Waals surface area contributed by atoms with Gasteiger partial charge in [-0.3, -0.25) is 9.48 Å². The van der Waals surface area contributed by atoms with E-state index in [2.05, 4.69) is 5.32 Å². The predicted molar refractivity (Wildman–Crippen MR) is 109 cm³/mol. The largest absolute Gasteiger partial charge is 0.457 e. The number of rotatable bonds is 5. The fraction of sp³-hybridized carbons (Fsp3) is 0.273. The molecule has 1 unspecified atom stereocenters. The highest BCUT2D eigenvalue weighted by atomic mass is 16.5. The molecule has 6 nitrogen and oxygen atoms in total. The van der Waals surface area contributed by atoms with Gasteiger partial charge in [-0.1, -0.05) is 18.2 Å². The summed E-state index contributed by atoms with van der Waals surface area (Å²) in [6.45, 7) is 3.79. The number of benzene rings is 2. The zero-order valence-corrected chi connectivity index (χ0v) is 15.9. The third-order valence-corrected chi connectivity index (χ3v) is 5.12. The first kappa shape index (κ1) is 18.3. The van der Waals surface area contributed by atoms with E-state index in [1.165, 1.54) is 0 Å². The Kier molecular flexibility index (Phi) is 5.12. The highest BCUT2D eigenvalue weighted by Gasteiger charge is 2.25. The Bertz CT molecular complexity index is 958. The Labute approximate surface area is 164 Å². The molecule has 0 bridgehead atoms. The van der Waals surface area contributed by atoms with Gasteiger partial charge in [0.25, 0.3) is 5.91 Å². The van der Waals surface area contributed by atoms with Gasteiger partial charge in [0.05, 0.1) is 11.6 Å². The smallest absolute Gasteiger partial charge is 0.252 e. The molecule has 1 atom stereocenters. The molecule has 1 amide bonds. The molecule has 3 aromatic rings. The summed E-state index contributed by atoms with van der Waals surface area (Å²) in [5, 5.41) is 8.17. The van der Waals surface area contributed by atoms with Crippen molar-refractivity contribution in [2.45, 2.75) is 25.8 Å². The summed E-state index contributed by atoms with van der Waals surface area (Å²) in [4.78, 5) is 12.1. The van der Waals surface area contributed by atoms with Crippen LogP contribution in [-0.4, -0.2) is 28.8 Å². The summed E-state index contributed by atoms with van der Waals surface area (Å²) in [5.41, 5.74) is 8.48. The van der Waals surface area contributed by atoms with E-state index < -0.39 is 5.91 Å². The maximum atomic E-state index is 12.1. The zero-order valence-electron chi connectivity index (χ0n) is 15.9. The molecule has 1 saturated heterocycles. The monoisotopic (exact) mass is 376 g/mol. The first-order valence-corrected chi connectivity index (χ1v) is 9.56. The summed E-state index contributed by atoms with van der Waals surface area (Å²) in [6, 6.07) is 17.4. The van der Waals surface area contributed by atoms with Crippen LogP contribution in [0.4, 0.5) is 0 Å². The number of carbonyl (C=O) groups excluding carboxylic acids is 1. The number of piperidine rings is 1. The minimum atomic E-state index is -0.452. The zero-order chi connectivity index (χ0) is 19.5. The van der Waals surface area contributed by atoms with Crippen LogP contribution in [0.5, 0.6) is 11.5 Å². The number of nitrogens with zero attached hydrogens (tertiary/aromatic N) is 2. The van der Waals surface area contributed by atoms with Crippen LogP contribution < -0.4 is 15.8 Å². The van der Waals surface area contributed by atoms with Crippen molar-refractivity contribution in [3.63, 3.8) is 0 Å². The number of carbonyl (C=O) groups is 1. The lowest BCUT2D eigenvalue weighted by Gasteiger charge is -2.24. The SMILES string of the molecule is Cc1c(C(N)=O)c(-c2ccc(Oc3ccccc3)cc2)nn1C1CCCNC1. The molecular formula is C22H24N4O2. The summed E-state index contributed by atoms with van der Waals surface area (Å²) in [6.07, 6.45) is 2.13. The number of para-hydroxylation sites is 1. The molecule has 4 rings (SSSR count). The second-order valence-corrected chi connectivity index (χ2v) is 7.06. The van der Waals surface area contributed by atoms with Crippen molar-refractivity contribution in [3.05, 3.63) is 65.9 Å². The fourth-order valence-electron chi connectivity index (χ4n) is 3.72. The molecule has 0 saturated carbocycles. The normalized spacial score (nSPS) is 16.7. The van der Waals surface area contributed by atoms with Gasteiger partial charge in [-0.2, -0.15) is 5.10 Å². The fourth-order valence-corrected chi connectivity index (χ4v) is 3.72. The molecule has 0 radical (unpaired) electrons. The number of ether oxygens (including phenoxy) is 1. The molecule has 0 aliphatic carbocycles. The minimum Gasteiger partial charge on any atom is -0.457 e. The standard InChI is InChI=1S/C22H24N4O2/c1-15-20(22(23)27)21(25-26(15)17-6-5-13-24-14-17)16-9-11-19(12-10-16)28-18-7-3-2-4-8-18/h2-4,7-12,17,24H,5-6,13-14H2,1H3,(H2,23,27). The lowest BCUT2D eigenvalue weighted by atomic mass is 10.0. The van der Waals surface area contributed by atoms with Gasteiger partial charge in [-0.05, 0) is 62.7 Å². The molecule has 1 aliphatic rings. The van der Waals surface area contributed by atoms with Crippen LogP contribution in [0.1, 0.15) is 34.9 Å². The predicted octanol–water partition coefficient (Wildman–Crippen LogP) is 3.67. The summed E-state index contributed by atoms with van der Waals surface area (Å²) >= 11 is 0. The number of nitrogens with two attached hydrogens (primary N) is 1. The van der Waals surface area contributed by atoms with E-state index in [9.17, 15) is 4.79 Å². The molecule has 3 N–H and O–H groups in total. The average molecular weight is 376 g/mol. The Morgan fingerprint density at radius 1 is 1.14 bits per heavy atom. The highest BCUT2D eigenvalue weighted by molar-refractivity contribution is 6.00. The maximum Gasteiger partial charge on any atom is 0.252 e. The second-order valence-electron chi connectivity index (χ2n) is 7.06. The maximum absolute atomic E-state index is 12.1. The van der Waals surface area contributed by atoms with Crippen molar-refractivity contribution in [1.82, 2.24) is 15.1 Å². The van der Waals surface area contributed by atoms with Gasteiger partial charge in [0.15, 0.2) is 0 Å². The van der Waals surface area contributed by atoms with Crippen LogP contribution in [0.15, 0.2) is 54.6 Å². The first-order chi connectivity index (χ1) is 13.6. The quantitative estimate of drug-likeness (QED) is 0.712. The highest BCUT2D eigenvalue weighted by Crippen LogP contribution is 2.30. The van der Waals surface area contributed by atoms with Crippen molar-refractivity contribution in [2.75, 3.05) is 13.1 Å². The number of aromatic nitrogens is 2. The lowest BCUT2D eigenvalue weighted by Crippen LogP contribution is -2.32. The van der Waals surface area contributed by atoms with E-state index in [-0.39, 0.29) is 6.04 Å². The van der Waals surface area contributed by atoms with Gasteiger partial charge >= 0.3 is 0 Å². The van der Waals surface area contributed by atoms with Crippen molar-refractivity contribution >= 4 is 5.91 Å². The molecule has 6 heteroatoms. The molecule has 1 fully saturated rings. The van der Waals surface area contributed by atoms with Gasteiger partial charge in [0.1, 0.15) is 17.2 Å². The van der Waals surface area contributed by atoms with Crippen LogP contribution in [-0.2, 0) is 0 Å². The Hall–Kier alpha value is -3.12. The van der Waals surface area contributed by atoms with E-state index >= 15 is 0 Å². The Morgan fingerprint density at radius 3 is 2.50 bits per heavy atom. The van der Waals surface area contributed by atoms with E-state index in [1.54, 1.807) is 0 Å². The molecule has 28 heavy (non-hydrogen) atoms. The van der Waals surface area contributed by atoms with E-state index in [0.29, 0.717) is 11.3 Å². The molecule has 0 spiro atoms. The number of nitrogens with one attached hydrogen (secondary N) is 1. The van der Waals surface area contributed by atoms with Gasteiger partial charge in [0, 0.05) is 17.8 Å². The van der Waals surface area contributed by atoms with Crippen molar-refractivity contribution < 1.29 is 9.53 Å². The molecular weight excluding hydrogens is 352 g/mol. The van der Waals surface area contributed by atoms with Crippen molar-refractivity contribution in [2.24, 2.45) is 5.73 Å². The van der Waals surface area contributed by atoms with Crippen LogP contribution >= 0.6 is 0 Å². The van der Waals surface area contributed by atoms with Gasteiger partial charge in [0.2, 0.25) is 0 Å². The number of hydrogen-bond acceptors (Lipinski definition) is 4. The number of hydrogen-bond donors (Lipinski definition) is 2. The number of amides is 1. The summed E-state index contributed by atoms with van der Waals surface area (Å²) in [5.74, 6) is 1.05. The molecule has 1 aliphatic heterocycles. The van der Waals surface area contributed by atoms with E-state index in [4.69, 9.17) is 15.6 Å². The van der Waals surface area contributed by atoms with Crippen molar-refractivity contribution in [1.29, 1.82) is 0 Å². The summed E-state index contributed by atoms with van der Waals surface area (Å²) < 4.78 is 7.80. The Balaban J connectivity index is 1.65. The molecule has 2 heterocycles.